The fourth-order valence-corrected chi connectivity index (χ4v) is 2.30. The second kappa shape index (κ2) is 7.37. The molecule has 0 aromatic heterocycles. The van der Waals surface area contributed by atoms with Crippen LogP contribution in [0.4, 0.5) is 0 Å². The minimum absolute atomic E-state index is 1.14. The lowest BCUT2D eigenvalue weighted by Gasteiger charge is -2.15. The van der Waals surface area contributed by atoms with Gasteiger partial charge in [-0.2, -0.15) is 0 Å². The number of hydrogen-bond donors (Lipinski definition) is 0. The van der Waals surface area contributed by atoms with Crippen LogP contribution in [-0.4, -0.2) is 7.11 Å². The molecule has 0 aliphatic heterocycles. The Labute approximate surface area is 106 Å². The molecule has 0 saturated heterocycles. The van der Waals surface area contributed by atoms with Crippen LogP contribution in [0.1, 0.15) is 56.2 Å². The predicted octanol–water partition coefficient (Wildman–Crippen LogP) is 4.69. The van der Waals surface area contributed by atoms with E-state index in [4.69, 9.17) is 4.74 Å². The summed E-state index contributed by atoms with van der Waals surface area (Å²) >= 11 is 0. The second-order valence-corrected chi connectivity index (χ2v) is 4.82. The van der Waals surface area contributed by atoms with Crippen molar-refractivity contribution < 1.29 is 4.74 Å². The fraction of sp³-hybridized carbons (Fsp3) is 0.625. The Balaban J connectivity index is 2.97. The van der Waals surface area contributed by atoms with E-state index in [1.807, 2.05) is 0 Å². The van der Waals surface area contributed by atoms with Crippen molar-refractivity contribution in [2.24, 2.45) is 0 Å². The lowest BCUT2D eigenvalue weighted by Crippen LogP contribution is -1.99. The van der Waals surface area contributed by atoms with Gasteiger partial charge in [0.15, 0.2) is 0 Å². The molecule has 0 spiro atoms. The summed E-state index contributed by atoms with van der Waals surface area (Å²) in [5.74, 6) is 1.14. The van der Waals surface area contributed by atoms with Gasteiger partial charge in [-0.25, -0.2) is 0 Å². The lowest BCUT2D eigenvalue weighted by molar-refractivity contribution is 0.403. The molecule has 0 heterocycles. The summed E-state index contributed by atoms with van der Waals surface area (Å²) in [5.41, 5.74) is 4.14. The molecule has 0 saturated carbocycles. The van der Waals surface area contributed by atoms with E-state index < -0.39 is 0 Å². The van der Waals surface area contributed by atoms with Crippen LogP contribution in [0.3, 0.4) is 0 Å². The molecule has 1 aromatic rings. The zero-order chi connectivity index (χ0) is 12.7. The number of methoxy groups -OCH3 is 1. The first kappa shape index (κ1) is 14.1. The van der Waals surface area contributed by atoms with Gasteiger partial charge in [-0.1, -0.05) is 44.4 Å². The van der Waals surface area contributed by atoms with E-state index >= 15 is 0 Å². The molecule has 0 unspecified atom stereocenters. The van der Waals surface area contributed by atoms with Gasteiger partial charge < -0.3 is 4.74 Å². The molecule has 1 rings (SSSR count). The Morgan fingerprint density at radius 2 is 1.41 bits per heavy atom. The number of rotatable bonds is 7. The molecule has 0 atom stereocenters. The number of aryl methyl sites for hydroxylation is 3. The minimum Gasteiger partial charge on any atom is -0.496 e. The summed E-state index contributed by atoms with van der Waals surface area (Å²) in [6.07, 6.45) is 7.24. The summed E-state index contributed by atoms with van der Waals surface area (Å²) in [6.45, 7) is 6.66. The molecule has 1 nitrogen and oxygen atoms in total. The van der Waals surface area contributed by atoms with Crippen molar-refractivity contribution in [1.29, 1.82) is 0 Å². The third-order valence-electron chi connectivity index (χ3n) is 3.19. The van der Waals surface area contributed by atoms with E-state index in [0.29, 0.717) is 0 Å². The first-order valence-corrected chi connectivity index (χ1v) is 6.89. The van der Waals surface area contributed by atoms with Crippen molar-refractivity contribution in [3.05, 3.63) is 28.8 Å². The van der Waals surface area contributed by atoms with Gasteiger partial charge >= 0.3 is 0 Å². The third-order valence-corrected chi connectivity index (χ3v) is 3.19. The van der Waals surface area contributed by atoms with Gasteiger partial charge in [-0.15, -0.1) is 0 Å². The molecule has 0 fully saturated rings. The summed E-state index contributed by atoms with van der Waals surface area (Å²) < 4.78 is 5.63. The maximum Gasteiger partial charge on any atom is 0.125 e. The maximum atomic E-state index is 5.63. The summed E-state index contributed by atoms with van der Waals surface area (Å²) in [5, 5.41) is 0. The fourth-order valence-electron chi connectivity index (χ4n) is 2.30. The van der Waals surface area contributed by atoms with Crippen LogP contribution < -0.4 is 4.74 Å². The summed E-state index contributed by atoms with van der Waals surface area (Å²) in [7, 11) is 1.80. The van der Waals surface area contributed by atoms with E-state index in [0.717, 1.165) is 18.6 Å². The van der Waals surface area contributed by atoms with Crippen LogP contribution in [-0.2, 0) is 12.8 Å². The molecular formula is C16H26O. The van der Waals surface area contributed by atoms with Gasteiger partial charge in [0.05, 0.1) is 7.11 Å². The van der Waals surface area contributed by atoms with E-state index in [9.17, 15) is 0 Å². The zero-order valence-electron chi connectivity index (χ0n) is 11.8. The highest BCUT2D eigenvalue weighted by Crippen LogP contribution is 2.28. The highest BCUT2D eigenvalue weighted by Gasteiger charge is 2.09. The van der Waals surface area contributed by atoms with Crippen LogP contribution in [0.5, 0.6) is 5.75 Å². The molecule has 1 heteroatoms. The van der Waals surface area contributed by atoms with E-state index in [-0.39, 0.29) is 0 Å². The van der Waals surface area contributed by atoms with Gasteiger partial charge in [0, 0.05) is 0 Å². The summed E-state index contributed by atoms with van der Waals surface area (Å²) in [6, 6.07) is 4.56. The maximum absolute atomic E-state index is 5.63. The van der Waals surface area contributed by atoms with E-state index in [2.05, 4.69) is 32.9 Å². The van der Waals surface area contributed by atoms with Gasteiger partial charge in [-0.3, -0.25) is 0 Å². The van der Waals surface area contributed by atoms with Crippen LogP contribution in [0, 0.1) is 6.92 Å². The first-order valence-electron chi connectivity index (χ1n) is 6.89. The largest absolute Gasteiger partial charge is 0.496 e. The van der Waals surface area contributed by atoms with Crippen molar-refractivity contribution >= 4 is 0 Å². The summed E-state index contributed by atoms with van der Waals surface area (Å²) in [4.78, 5) is 0. The SMILES string of the molecule is CCCCc1cc(C)cc(CCCC)c1OC. The molecule has 0 aliphatic carbocycles. The van der Waals surface area contributed by atoms with Crippen LogP contribution in [0.15, 0.2) is 12.1 Å². The Hall–Kier alpha value is -0.980. The highest BCUT2D eigenvalue weighted by atomic mass is 16.5. The molecule has 0 N–H and O–H groups in total. The van der Waals surface area contributed by atoms with Crippen molar-refractivity contribution in [3.8, 4) is 5.75 Å². The Bertz CT molecular complexity index is 312. The molecule has 0 aliphatic rings. The monoisotopic (exact) mass is 234 g/mol. The number of benzene rings is 1. The molecular weight excluding hydrogens is 208 g/mol. The predicted molar refractivity (Wildman–Crippen MR) is 75.0 cm³/mol. The highest BCUT2D eigenvalue weighted by molar-refractivity contribution is 5.44. The average molecular weight is 234 g/mol. The Kier molecular flexibility index (Phi) is 6.10. The normalized spacial score (nSPS) is 10.6. The third kappa shape index (κ3) is 4.07. The Morgan fingerprint density at radius 1 is 0.941 bits per heavy atom. The molecule has 0 radical (unpaired) electrons. The van der Waals surface area contributed by atoms with Crippen molar-refractivity contribution in [2.75, 3.05) is 7.11 Å². The molecule has 17 heavy (non-hydrogen) atoms. The van der Waals surface area contributed by atoms with E-state index in [1.165, 1.54) is 42.4 Å². The first-order chi connectivity index (χ1) is 8.22. The quantitative estimate of drug-likeness (QED) is 0.665. The lowest BCUT2D eigenvalue weighted by atomic mass is 9.97. The second-order valence-electron chi connectivity index (χ2n) is 4.82. The van der Waals surface area contributed by atoms with Crippen LogP contribution in [0.2, 0.25) is 0 Å². The molecule has 1 aromatic carbocycles. The molecule has 96 valence electrons. The van der Waals surface area contributed by atoms with E-state index in [1.54, 1.807) is 7.11 Å². The van der Waals surface area contributed by atoms with Crippen LogP contribution in [0.25, 0.3) is 0 Å². The smallest absolute Gasteiger partial charge is 0.125 e. The Morgan fingerprint density at radius 3 is 1.76 bits per heavy atom. The minimum atomic E-state index is 1.14. The van der Waals surface area contributed by atoms with Crippen LogP contribution >= 0.6 is 0 Å². The van der Waals surface area contributed by atoms with Gasteiger partial charge in [0.2, 0.25) is 0 Å². The average Bonchev–Trinajstić information content (AvgIpc) is 2.33. The number of hydrogen-bond acceptors (Lipinski definition) is 1. The van der Waals surface area contributed by atoms with Crippen molar-refractivity contribution in [1.82, 2.24) is 0 Å². The number of unbranched alkanes of at least 4 members (excludes halogenated alkanes) is 2. The van der Waals surface area contributed by atoms with Gasteiger partial charge in [0.25, 0.3) is 0 Å². The number of ether oxygens (including phenoxy) is 1. The molecule has 0 amide bonds. The van der Waals surface area contributed by atoms with Gasteiger partial charge in [-0.05, 0) is 43.7 Å². The zero-order valence-corrected chi connectivity index (χ0v) is 11.8. The van der Waals surface area contributed by atoms with Crippen molar-refractivity contribution in [3.63, 3.8) is 0 Å². The topological polar surface area (TPSA) is 9.23 Å². The van der Waals surface area contributed by atoms with Gasteiger partial charge in [0.1, 0.15) is 5.75 Å². The molecule has 0 bridgehead atoms. The van der Waals surface area contributed by atoms with Crippen molar-refractivity contribution in [2.45, 2.75) is 59.3 Å². The standard InChI is InChI=1S/C16H26O/c1-5-7-9-14-11-13(3)12-15(10-8-6-2)16(14)17-4/h11-12H,5-10H2,1-4H3.